The van der Waals surface area contributed by atoms with Gasteiger partial charge in [-0.25, -0.2) is 4.39 Å². The Bertz CT molecular complexity index is 813. The maximum absolute atomic E-state index is 14.1. The first kappa shape index (κ1) is 25.2. The predicted octanol–water partition coefficient (Wildman–Crippen LogP) is 7.16. The van der Waals surface area contributed by atoms with Crippen molar-refractivity contribution in [2.24, 2.45) is 17.3 Å². The molecule has 0 spiro atoms. The second-order valence-electron chi connectivity index (χ2n) is 10.6. The molecule has 0 aliphatic heterocycles. The molecule has 3 aliphatic carbocycles. The Morgan fingerprint density at radius 3 is 2.72 bits per heavy atom. The number of halogens is 1. The first-order valence-corrected chi connectivity index (χ1v) is 12.6. The topological polar surface area (TPSA) is 40.5 Å². The highest BCUT2D eigenvalue weighted by molar-refractivity contribution is 5.40. The van der Waals surface area contributed by atoms with Crippen LogP contribution in [-0.4, -0.2) is 28.1 Å². The zero-order valence-corrected chi connectivity index (χ0v) is 20.5. The fraction of sp³-hybridized carbons (Fsp3) is 0.655. The van der Waals surface area contributed by atoms with Crippen molar-refractivity contribution in [3.8, 4) is 0 Å². The molecule has 178 valence electrons. The second kappa shape index (κ2) is 10.2. The third kappa shape index (κ3) is 5.20. The number of fused-ring (bicyclic) bond motifs is 1. The van der Waals surface area contributed by atoms with Crippen LogP contribution in [0.4, 0.5) is 4.39 Å². The van der Waals surface area contributed by atoms with Gasteiger partial charge in [-0.05, 0) is 79.8 Å². The average Bonchev–Trinajstić information content (AvgIpc) is 3.12. The summed E-state index contributed by atoms with van der Waals surface area (Å²) in [4.78, 5) is 0. The lowest BCUT2D eigenvalue weighted by atomic mass is 9.62. The number of rotatable bonds is 7. The van der Waals surface area contributed by atoms with Crippen molar-refractivity contribution in [2.75, 3.05) is 0 Å². The van der Waals surface area contributed by atoms with E-state index in [1.165, 1.54) is 18.4 Å². The van der Waals surface area contributed by atoms with Crippen molar-refractivity contribution in [3.05, 3.63) is 59.3 Å². The van der Waals surface area contributed by atoms with E-state index >= 15 is 0 Å². The molecular formula is C29H43FO2. The van der Waals surface area contributed by atoms with E-state index in [9.17, 15) is 14.6 Å². The average molecular weight is 443 g/mol. The molecule has 0 aromatic heterocycles. The molecule has 3 heteroatoms. The molecule has 0 unspecified atom stereocenters. The van der Waals surface area contributed by atoms with Crippen molar-refractivity contribution >= 4 is 0 Å². The lowest BCUT2D eigenvalue weighted by Gasteiger charge is -2.42. The van der Waals surface area contributed by atoms with Gasteiger partial charge in [-0.1, -0.05) is 75.8 Å². The van der Waals surface area contributed by atoms with Gasteiger partial charge in [-0.2, -0.15) is 0 Å². The van der Waals surface area contributed by atoms with Crippen LogP contribution in [0.3, 0.4) is 0 Å². The molecule has 2 nitrogen and oxygen atoms in total. The zero-order chi connectivity index (χ0) is 23.5. The van der Waals surface area contributed by atoms with Gasteiger partial charge in [0.1, 0.15) is 6.17 Å². The third-order valence-electron chi connectivity index (χ3n) is 8.51. The van der Waals surface area contributed by atoms with Crippen LogP contribution in [0.1, 0.15) is 85.5 Å². The summed E-state index contributed by atoms with van der Waals surface area (Å²) in [7, 11) is 0. The van der Waals surface area contributed by atoms with Crippen molar-refractivity contribution in [3.63, 3.8) is 0 Å². The molecule has 2 saturated carbocycles. The van der Waals surface area contributed by atoms with Gasteiger partial charge in [-0.15, -0.1) is 0 Å². The molecule has 0 aromatic carbocycles. The summed E-state index contributed by atoms with van der Waals surface area (Å²) in [6.07, 6.45) is 16.8. The summed E-state index contributed by atoms with van der Waals surface area (Å²) in [5.74, 6) is 0.957. The van der Waals surface area contributed by atoms with E-state index in [-0.39, 0.29) is 11.8 Å². The summed E-state index contributed by atoms with van der Waals surface area (Å²) in [6.45, 7) is 12.7. The SMILES string of the molecule is C=C1/C(=C\C=C2\CCC[C@]3(C)C([C@@H](C)C/C=C/C(O)(CC)CC)=CC[C@@H]23)C[C@@H](O)C[C@@H]1F. The predicted molar refractivity (Wildman–Crippen MR) is 132 cm³/mol. The molecule has 3 rings (SSSR count). The van der Waals surface area contributed by atoms with Gasteiger partial charge < -0.3 is 10.2 Å². The zero-order valence-electron chi connectivity index (χ0n) is 20.5. The summed E-state index contributed by atoms with van der Waals surface area (Å²) in [5, 5.41) is 20.5. The van der Waals surface area contributed by atoms with Crippen LogP contribution < -0.4 is 0 Å². The number of allylic oxidation sites excluding steroid dienone is 7. The van der Waals surface area contributed by atoms with E-state index in [1.807, 2.05) is 26.0 Å². The Hall–Kier alpha value is -1.45. The van der Waals surface area contributed by atoms with Crippen LogP contribution in [0.5, 0.6) is 0 Å². The highest BCUT2D eigenvalue weighted by atomic mass is 19.1. The Balaban J connectivity index is 1.73. The minimum atomic E-state index is -1.13. The molecule has 5 atom stereocenters. The molecule has 0 aromatic rings. The van der Waals surface area contributed by atoms with Crippen LogP contribution in [0.15, 0.2) is 59.3 Å². The van der Waals surface area contributed by atoms with Crippen LogP contribution in [-0.2, 0) is 0 Å². The molecule has 0 amide bonds. The van der Waals surface area contributed by atoms with Gasteiger partial charge >= 0.3 is 0 Å². The largest absolute Gasteiger partial charge is 0.393 e. The summed E-state index contributed by atoms with van der Waals surface area (Å²) < 4.78 is 14.1. The van der Waals surface area contributed by atoms with E-state index in [2.05, 4.69) is 38.7 Å². The lowest BCUT2D eigenvalue weighted by Crippen LogP contribution is -2.32. The van der Waals surface area contributed by atoms with Crippen molar-refractivity contribution in [2.45, 2.75) is 103 Å². The minimum absolute atomic E-state index is 0.168. The quantitative estimate of drug-likeness (QED) is 0.411. The Morgan fingerprint density at radius 1 is 1.31 bits per heavy atom. The molecule has 0 radical (unpaired) electrons. The Labute approximate surface area is 194 Å². The number of hydrogen-bond donors (Lipinski definition) is 2. The number of alkyl halides is 1. The van der Waals surface area contributed by atoms with Crippen LogP contribution in [0.25, 0.3) is 0 Å². The normalized spacial score (nSPS) is 34.9. The van der Waals surface area contributed by atoms with Gasteiger partial charge in [0.2, 0.25) is 0 Å². The van der Waals surface area contributed by atoms with Crippen molar-refractivity contribution < 1.29 is 14.6 Å². The van der Waals surface area contributed by atoms with Crippen molar-refractivity contribution in [1.82, 2.24) is 0 Å². The molecule has 0 bridgehead atoms. The van der Waals surface area contributed by atoms with E-state index in [1.54, 1.807) is 5.57 Å². The first-order chi connectivity index (χ1) is 15.1. The number of hydrogen-bond acceptors (Lipinski definition) is 2. The molecule has 2 fully saturated rings. The second-order valence-corrected chi connectivity index (χ2v) is 10.6. The van der Waals surface area contributed by atoms with Crippen molar-refractivity contribution in [1.29, 1.82) is 0 Å². The fourth-order valence-corrected chi connectivity index (χ4v) is 6.15. The highest BCUT2D eigenvalue weighted by Crippen LogP contribution is 2.57. The Kier molecular flexibility index (Phi) is 8.04. The third-order valence-corrected chi connectivity index (χ3v) is 8.51. The van der Waals surface area contributed by atoms with Gasteiger partial charge in [-0.3, -0.25) is 0 Å². The monoisotopic (exact) mass is 442 g/mol. The lowest BCUT2D eigenvalue weighted by molar-refractivity contribution is 0.0824. The summed E-state index contributed by atoms with van der Waals surface area (Å²) in [6, 6.07) is 0. The highest BCUT2D eigenvalue weighted by Gasteiger charge is 2.45. The fourth-order valence-electron chi connectivity index (χ4n) is 6.15. The Morgan fingerprint density at radius 2 is 2.03 bits per heavy atom. The standard InChI is InChI=1S/C29H43FO2/c1-6-29(32,7-2)17-8-10-20(3)25-14-15-26-22(11-9-16-28(25,26)5)12-13-23-18-24(31)19-27(30)21(23)4/h8,12-14,17,20,24,26-27,31-32H,4,6-7,9-11,15-16,18-19H2,1-3,5H3/b17-8+,22-12-,23-13-/t20-,24+,26-,27-,28+/m0/s1. The van der Waals surface area contributed by atoms with Gasteiger partial charge in [0.15, 0.2) is 0 Å². The minimum Gasteiger partial charge on any atom is -0.393 e. The van der Waals surface area contributed by atoms with E-state index in [4.69, 9.17) is 0 Å². The maximum Gasteiger partial charge on any atom is 0.127 e. The van der Waals surface area contributed by atoms with Gasteiger partial charge in [0.25, 0.3) is 0 Å². The van der Waals surface area contributed by atoms with E-state index < -0.39 is 17.9 Å². The van der Waals surface area contributed by atoms with Gasteiger partial charge in [0.05, 0.1) is 11.7 Å². The van der Waals surface area contributed by atoms with Crippen LogP contribution in [0, 0.1) is 17.3 Å². The summed E-state index contributed by atoms with van der Waals surface area (Å²) in [5.41, 5.74) is 3.90. The van der Waals surface area contributed by atoms with Crippen LogP contribution in [0.2, 0.25) is 0 Å². The first-order valence-electron chi connectivity index (χ1n) is 12.6. The smallest absolute Gasteiger partial charge is 0.127 e. The van der Waals surface area contributed by atoms with E-state index in [0.29, 0.717) is 23.8 Å². The molecule has 0 saturated heterocycles. The van der Waals surface area contributed by atoms with E-state index in [0.717, 1.165) is 37.7 Å². The number of aliphatic hydroxyl groups is 2. The molecule has 32 heavy (non-hydrogen) atoms. The van der Waals surface area contributed by atoms with Crippen LogP contribution >= 0.6 is 0 Å². The molecule has 0 heterocycles. The summed E-state index contributed by atoms with van der Waals surface area (Å²) >= 11 is 0. The number of aliphatic hydroxyl groups excluding tert-OH is 1. The van der Waals surface area contributed by atoms with Gasteiger partial charge in [0, 0.05) is 6.42 Å². The molecular weight excluding hydrogens is 399 g/mol. The molecule has 3 aliphatic rings. The molecule has 2 N–H and O–H groups in total. The maximum atomic E-state index is 14.1.